The summed E-state index contributed by atoms with van der Waals surface area (Å²) in [5.41, 5.74) is 1.21. The Morgan fingerprint density at radius 1 is 1.10 bits per heavy atom. The summed E-state index contributed by atoms with van der Waals surface area (Å²) in [7, 11) is 0. The van der Waals surface area contributed by atoms with E-state index in [1.807, 2.05) is 13.8 Å². The summed E-state index contributed by atoms with van der Waals surface area (Å²) in [5, 5.41) is 3.13. The fraction of sp³-hybridized carbons (Fsp3) is 0.286. The molecule has 0 atom stereocenters. The van der Waals surface area contributed by atoms with E-state index in [1.54, 1.807) is 0 Å². The molecule has 1 N–H and O–H groups in total. The molecular formula is C14H13Br2F2N3. The molecule has 1 aromatic carbocycles. The Balaban J connectivity index is 2.64. The van der Waals surface area contributed by atoms with Crippen molar-refractivity contribution in [1.29, 1.82) is 0 Å². The summed E-state index contributed by atoms with van der Waals surface area (Å²) in [6.45, 7) is 4.61. The number of benzene rings is 1. The van der Waals surface area contributed by atoms with E-state index in [0.717, 1.165) is 16.2 Å². The molecule has 1 aromatic heterocycles. The Morgan fingerprint density at radius 2 is 1.81 bits per heavy atom. The fourth-order valence-electron chi connectivity index (χ4n) is 1.83. The van der Waals surface area contributed by atoms with Crippen LogP contribution in [0.3, 0.4) is 0 Å². The molecule has 0 unspecified atom stereocenters. The van der Waals surface area contributed by atoms with Gasteiger partial charge in [-0.25, -0.2) is 18.7 Å². The zero-order chi connectivity index (χ0) is 15.6. The molecule has 0 bridgehead atoms. The maximum absolute atomic E-state index is 13.7. The number of nitrogens with one attached hydrogen (secondary N) is 1. The molecule has 0 aliphatic carbocycles. The summed E-state index contributed by atoms with van der Waals surface area (Å²) in [4.78, 5) is 8.80. The number of nitrogens with zero attached hydrogens (tertiary/aromatic N) is 2. The maximum atomic E-state index is 13.7. The van der Waals surface area contributed by atoms with E-state index in [1.165, 1.54) is 6.07 Å². The van der Waals surface area contributed by atoms with Gasteiger partial charge >= 0.3 is 0 Å². The lowest BCUT2D eigenvalue weighted by Crippen LogP contribution is -2.06. The summed E-state index contributed by atoms with van der Waals surface area (Å²) in [6, 6.07) is 2.53. The van der Waals surface area contributed by atoms with Crippen molar-refractivity contribution in [3.05, 3.63) is 38.4 Å². The predicted molar refractivity (Wildman–Crippen MR) is 86.3 cm³/mol. The second kappa shape index (κ2) is 6.79. The third-order valence-corrected chi connectivity index (χ3v) is 4.48. The first kappa shape index (κ1) is 16.3. The molecule has 0 saturated carbocycles. The van der Waals surface area contributed by atoms with Gasteiger partial charge in [-0.1, -0.05) is 6.92 Å². The molecule has 1 heterocycles. The molecule has 0 aliphatic heterocycles. The van der Waals surface area contributed by atoms with Crippen molar-refractivity contribution in [2.75, 3.05) is 11.9 Å². The van der Waals surface area contributed by atoms with Gasteiger partial charge in [0.25, 0.3) is 0 Å². The zero-order valence-electron chi connectivity index (χ0n) is 11.5. The number of hydrogen-bond acceptors (Lipinski definition) is 3. The van der Waals surface area contributed by atoms with Crippen LogP contribution >= 0.6 is 31.9 Å². The first-order valence-corrected chi connectivity index (χ1v) is 8.02. The topological polar surface area (TPSA) is 37.8 Å². The minimum atomic E-state index is -0.943. The second-order valence-corrected chi connectivity index (χ2v) is 5.85. The van der Waals surface area contributed by atoms with E-state index in [2.05, 4.69) is 47.1 Å². The smallest absolute Gasteiger partial charge is 0.173 e. The molecule has 0 spiro atoms. The quantitative estimate of drug-likeness (QED) is 0.711. The van der Waals surface area contributed by atoms with Crippen molar-refractivity contribution in [1.82, 2.24) is 9.97 Å². The highest BCUT2D eigenvalue weighted by Crippen LogP contribution is 2.33. The highest BCUT2D eigenvalue weighted by molar-refractivity contribution is 9.11. The van der Waals surface area contributed by atoms with E-state index in [9.17, 15) is 8.78 Å². The van der Waals surface area contributed by atoms with Crippen molar-refractivity contribution >= 4 is 37.7 Å². The Hall–Kier alpha value is -1.08. The Kier molecular flexibility index (Phi) is 5.27. The van der Waals surface area contributed by atoms with Crippen LogP contribution in [0.5, 0.6) is 0 Å². The maximum Gasteiger partial charge on any atom is 0.173 e. The normalized spacial score (nSPS) is 10.8. The van der Waals surface area contributed by atoms with Gasteiger partial charge in [0.05, 0.1) is 14.6 Å². The number of aryl methyl sites for hydroxylation is 1. The Labute approximate surface area is 138 Å². The number of hydrogen-bond donors (Lipinski definition) is 1. The average molecular weight is 421 g/mol. The molecule has 21 heavy (non-hydrogen) atoms. The molecule has 112 valence electrons. The van der Waals surface area contributed by atoms with E-state index < -0.39 is 11.6 Å². The zero-order valence-corrected chi connectivity index (χ0v) is 14.6. The molecule has 7 heteroatoms. The first-order chi connectivity index (χ1) is 9.99. The van der Waals surface area contributed by atoms with Crippen LogP contribution in [0.1, 0.15) is 19.5 Å². The number of rotatable bonds is 4. The fourth-order valence-corrected chi connectivity index (χ4v) is 2.93. The highest BCUT2D eigenvalue weighted by atomic mass is 79.9. The van der Waals surface area contributed by atoms with E-state index in [0.29, 0.717) is 30.2 Å². The SMILES string of the molecule is CCNc1nc(-c2ccc(F)c(F)c2Br)nc(CC)c1Br. The predicted octanol–water partition coefficient (Wildman–Crippen LogP) is 4.94. The molecule has 0 aliphatic rings. The van der Waals surface area contributed by atoms with Crippen molar-refractivity contribution < 1.29 is 8.78 Å². The molecule has 0 saturated heterocycles. The summed E-state index contributed by atoms with van der Waals surface area (Å²) in [6.07, 6.45) is 0.690. The van der Waals surface area contributed by atoms with Gasteiger partial charge in [-0.15, -0.1) is 0 Å². The van der Waals surface area contributed by atoms with Crippen LogP contribution in [0.2, 0.25) is 0 Å². The van der Waals surface area contributed by atoms with Gasteiger partial charge in [0.1, 0.15) is 5.82 Å². The second-order valence-electron chi connectivity index (χ2n) is 4.26. The van der Waals surface area contributed by atoms with Gasteiger partial charge in [0.15, 0.2) is 17.5 Å². The molecular weight excluding hydrogens is 408 g/mol. The van der Waals surface area contributed by atoms with Crippen LogP contribution in [0.4, 0.5) is 14.6 Å². The first-order valence-electron chi connectivity index (χ1n) is 6.43. The van der Waals surface area contributed by atoms with Crippen molar-refractivity contribution in [3.63, 3.8) is 0 Å². The van der Waals surface area contributed by atoms with Gasteiger partial charge in [-0.3, -0.25) is 0 Å². The molecule has 2 rings (SSSR count). The van der Waals surface area contributed by atoms with Crippen molar-refractivity contribution in [2.45, 2.75) is 20.3 Å². The van der Waals surface area contributed by atoms with Gasteiger partial charge in [0, 0.05) is 12.1 Å². The van der Waals surface area contributed by atoms with Crippen LogP contribution in [0, 0.1) is 11.6 Å². The van der Waals surface area contributed by atoms with Crippen LogP contribution in [0.25, 0.3) is 11.4 Å². The minimum absolute atomic E-state index is 0.0225. The largest absolute Gasteiger partial charge is 0.369 e. The lowest BCUT2D eigenvalue weighted by Gasteiger charge is -2.12. The summed E-state index contributed by atoms with van der Waals surface area (Å²) >= 11 is 6.53. The molecule has 0 fully saturated rings. The molecule has 3 nitrogen and oxygen atoms in total. The molecule has 0 radical (unpaired) electrons. The number of aromatic nitrogens is 2. The average Bonchev–Trinajstić information content (AvgIpc) is 2.47. The number of anilines is 1. The Morgan fingerprint density at radius 3 is 2.43 bits per heavy atom. The van der Waals surface area contributed by atoms with Crippen LogP contribution < -0.4 is 5.32 Å². The van der Waals surface area contributed by atoms with Crippen LogP contribution in [-0.4, -0.2) is 16.5 Å². The van der Waals surface area contributed by atoms with E-state index in [4.69, 9.17) is 0 Å². The van der Waals surface area contributed by atoms with Gasteiger partial charge in [0.2, 0.25) is 0 Å². The standard InChI is InChI=1S/C14H13Br2F2N3/c1-3-9-11(16)14(19-4-2)21-13(20-9)7-5-6-8(17)12(18)10(7)15/h5-6H,3-4H2,1-2H3,(H,19,20,21). The summed E-state index contributed by atoms with van der Waals surface area (Å²) < 4.78 is 27.7. The summed E-state index contributed by atoms with van der Waals surface area (Å²) in [5.74, 6) is -0.875. The highest BCUT2D eigenvalue weighted by Gasteiger charge is 2.17. The van der Waals surface area contributed by atoms with Crippen LogP contribution in [-0.2, 0) is 6.42 Å². The van der Waals surface area contributed by atoms with Crippen LogP contribution in [0.15, 0.2) is 21.1 Å². The van der Waals surface area contributed by atoms with Crippen molar-refractivity contribution in [2.24, 2.45) is 0 Å². The minimum Gasteiger partial charge on any atom is -0.369 e. The van der Waals surface area contributed by atoms with Gasteiger partial charge in [-0.2, -0.15) is 0 Å². The van der Waals surface area contributed by atoms with E-state index in [-0.39, 0.29) is 4.47 Å². The third kappa shape index (κ3) is 3.23. The lowest BCUT2D eigenvalue weighted by atomic mass is 10.2. The van der Waals surface area contributed by atoms with Gasteiger partial charge < -0.3 is 5.32 Å². The number of halogens is 4. The van der Waals surface area contributed by atoms with Gasteiger partial charge in [-0.05, 0) is 57.3 Å². The molecule has 0 amide bonds. The molecule has 2 aromatic rings. The van der Waals surface area contributed by atoms with Crippen molar-refractivity contribution in [3.8, 4) is 11.4 Å². The van der Waals surface area contributed by atoms with E-state index >= 15 is 0 Å². The monoisotopic (exact) mass is 419 g/mol. The lowest BCUT2D eigenvalue weighted by molar-refractivity contribution is 0.504. The third-order valence-electron chi connectivity index (χ3n) is 2.88. The Bertz CT molecular complexity index is 678.